The van der Waals surface area contributed by atoms with Gasteiger partial charge in [0.15, 0.2) is 5.82 Å². The van der Waals surface area contributed by atoms with Gasteiger partial charge in [0.1, 0.15) is 21.8 Å². The molecule has 0 unspecified atom stereocenters. The maximum Gasteiger partial charge on any atom is 0.162 e. The molecule has 0 fully saturated rings. The number of hydrogen-bond acceptors (Lipinski definition) is 4. The molecular weight excluding hydrogens is 347 g/mol. The van der Waals surface area contributed by atoms with Crippen LogP contribution in [0.2, 0.25) is 10.3 Å². The summed E-state index contributed by atoms with van der Waals surface area (Å²) in [7, 11) is 3.23. The first-order valence-electron chi connectivity index (χ1n) is 7.14. The molecule has 0 bridgehead atoms. The van der Waals surface area contributed by atoms with Gasteiger partial charge >= 0.3 is 0 Å². The standard InChI is InChI=1S/C18H14Cl2N2O2/c1-23-13-7-3-11(4-8-13)15-16(19)21-18(22-17(15)20)12-5-9-14(24-2)10-6-12/h3-10H,1-2H3. The third kappa shape index (κ3) is 3.30. The molecule has 0 aliphatic carbocycles. The number of hydrogen-bond donors (Lipinski definition) is 0. The number of benzene rings is 2. The Kier molecular flexibility index (Phi) is 4.88. The molecule has 0 atom stereocenters. The summed E-state index contributed by atoms with van der Waals surface area (Å²) in [6.45, 7) is 0. The summed E-state index contributed by atoms with van der Waals surface area (Å²) in [5.41, 5.74) is 2.23. The lowest BCUT2D eigenvalue weighted by Crippen LogP contribution is -1.95. The molecule has 122 valence electrons. The van der Waals surface area contributed by atoms with E-state index in [0.717, 1.165) is 22.6 Å². The lowest BCUT2D eigenvalue weighted by atomic mass is 10.1. The number of nitrogens with zero attached hydrogens (tertiary/aromatic N) is 2. The van der Waals surface area contributed by atoms with Crippen molar-refractivity contribution in [3.05, 3.63) is 58.8 Å². The first-order valence-corrected chi connectivity index (χ1v) is 7.90. The zero-order chi connectivity index (χ0) is 17.1. The lowest BCUT2D eigenvalue weighted by molar-refractivity contribution is 0.414. The van der Waals surface area contributed by atoms with Gasteiger partial charge in [-0.15, -0.1) is 0 Å². The van der Waals surface area contributed by atoms with E-state index in [4.69, 9.17) is 32.7 Å². The minimum atomic E-state index is 0.297. The number of aromatic nitrogens is 2. The first kappa shape index (κ1) is 16.6. The summed E-state index contributed by atoms with van der Waals surface area (Å²) in [6.07, 6.45) is 0. The minimum absolute atomic E-state index is 0.297. The van der Waals surface area contributed by atoms with Crippen LogP contribution in [-0.2, 0) is 0 Å². The van der Waals surface area contributed by atoms with Crippen molar-refractivity contribution in [1.29, 1.82) is 0 Å². The Balaban J connectivity index is 2.01. The topological polar surface area (TPSA) is 44.2 Å². The Hall–Kier alpha value is -2.30. The second kappa shape index (κ2) is 7.07. The molecule has 1 heterocycles. The fraction of sp³-hybridized carbons (Fsp3) is 0.111. The van der Waals surface area contributed by atoms with Crippen LogP contribution in [-0.4, -0.2) is 24.2 Å². The first-order chi connectivity index (χ1) is 11.6. The predicted molar refractivity (Wildman–Crippen MR) is 96.0 cm³/mol. The molecule has 0 radical (unpaired) electrons. The molecule has 0 aliphatic heterocycles. The van der Waals surface area contributed by atoms with Crippen molar-refractivity contribution in [1.82, 2.24) is 9.97 Å². The van der Waals surface area contributed by atoms with Crippen LogP contribution in [0.3, 0.4) is 0 Å². The summed E-state index contributed by atoms with van der Waals surface area (Å²) in [4.78, 5) is 8.75. The Labute approximate surface area is 150 Å². The average Bonchev–Trinajstić information content (AvgIpc) is 2.61. The number of halogens is 2. The molecule has 1 aromatic heterocycles. The Morgan fingerprint density at radius 1 is 0.667 bits per heavy atom. The van der Waals surface area contributed by atoms with Crippen molar-refractivity contribution >= 4 is 23.2 Å². The molecule has 0 aliphatic rings. The van der Waals surface area contributed by atoms with Crippen LogP contribution >= 0.6 is 23.2 Å². The zero-order valence-corrected chi connectivity index (χ0v) is 14.6. The van der Waals surface area contributed by atoms with Gasteiger partial charge in [-0.25, -0.2) is 9.97 Å². The van der Waals surface area contributed by atoms with Crippen molar-refractivity contribution in [2.24, 2.45) is 0 Å². The second-order valence-corrected chi connectivity index (χ2v) is 5.68. The molecule has 2 aromatic carbocycles. The summed E-state index contributed by atoms with van der Waals surface area (Å²) in [5.74, 6) is 1.97. The van der Waals surface area contributed by atoms with Crippen LogP contribution in [0, 0.1) is 0 Å². The summed E-state index contributed by atoms with van der Waals surface area (Å²) in [6, 6.07) is 14.8. The van der Waals surface area contributed by atoms with E-state index in [1.165, 1.54) is 0 Å². The van der Waals surface area contributed by atoms with Gasteiger partial charge in [-0.3, -0.25) is 0 Å². The molecule has 0 spiro atoms. The van der Waals surface area contributed by atoms with Gasteiger partial charge in [-0.05, 0) is 42.0 Å². The van der Waals surface area contributed by atoms with Crippen LogP contribution in [0.5, 0.6) is 11.5 Å². The van der Waals surface area contributed by atoms with Crippen molar-refractivity contribution in [2.45, 2.75) is 0 Å². The quantitative estimate of drug-likeness (QED) is 0.604. The maximum absolute atomic E-state index is 6.36. The Morgan fingerprint density at radius 3 is 1.50 bits per heavy atom. The van der Waals surface area contributed by atoms with E-state index in [1.54, 1.807) is 14.2 Å². The van der Waals surface area contributed by atoms with Crippen LogP contribution in [0.25, 0.3) is 22.5 Å². The van der Waals surface area contributed by atoms with E-state index in [9.17, 15) is 0 Å². The van der Waals surface area contributed by atoms with Gasteiger partial charge < -0.3 is 9.47 Å². The third-order valence-corrected chi connectivity index (χ3v) is 4.09. The van der Waals surface area contributed by atoms with E-state index < -0.39 is 0 Å². The van der Waals surface area contributed by atoms with Crippen LogP contribution in [0.4, 0.5) is 0 Å². The highest BCUT2D eigenvalue weighted by Crippen LogP contribution is 2.35. The monoisotopic (exact) mass is 360 g/mol. The maximum atomic E-state index is 6.36. The largest absolute Gasteiger partial charge is 0.497 e. The molecule has 24 heavy (non-hydrogen) atoms. The van der Waals surface area contributed by atoms with Gasteiger partial charge in [-0.2, -0.15) is 0 Å². The fourth-order valence-corrected chi connectivity index (χ4v) is 2.88. The third-order valence-electron chi connectivity index (χ3n) is 3.55. The van der Waals surface area contributed by atoms with E-state index in [2.05, 4.69) is 9.97 Å². The van der Waals surface area contributed by atoms with Gasteiger partial charge in [0.25, 0.3) is 0 Å². The molecule has 4 nitrogen and oxygen atoms in total. The highest BCUT2D eigenvalue weighted by atomic mass is 35.5. The average molecular weight is 361 g/mol. The Bertz CT molecular complexity index is 827. The van der Waals surface area contributed by atoms with Crippen molar-refractivity contribution in [3.8, 4) is 34.0 Å². The minimum Gasteiger partial charge on any atom is -0.497 e. The van der Waals surface area contributed by atoms with E-state index in [-0.39, 0.29) is 0 Å². The predicted octanol–water partition coefficient (Wildman–Crippen LogP) is 5.13. The molecule has 0 N–H and O–H groups in total. The molecular formula is C18H14Cl2N2O2. The van der Waals surface area contributed by atoms with Crippen molar-refractivity contribution < 1.29 is 9.47 Å². The van der Waals surface area contributed by atoms with Crippen molar-refractivity contribution in [3.63, 3.8) is 0 Å². The Morgan fingerprint density at radius 2 is 1.08 bits per heavy atom. The molecule has 6 heteroatoms. The summed E-state index contributed by atoms with van der Waals surface area (Å²) in [5, 5.41) is 0.594. The molecule has 0 saturated carbocycles. The SMILES string of the molecule is COc1ccc(-c2nc(Cl)c(-c3ccc(OC)cc3)c(Cl)n2)cc1. The molecule has 0 saturated heterocycles. The van der Waals surface area contributed by atoms with Gasteiger partial charge in [0, 0.05) is 5.56 Å². The van der Waals surface area contributed by atoms with Gasteiger partial charge in [0.2, 0.25) is 0 Å². The number of ether oxygens (including phenoxy) is 2. The van der Waals surface area contributed by atoms with Crippen LogP contribution < -0.4 is 9.47 Å². The van der Waals surface area contributed by atoms with E-state index in [0.29, 0.717) is 21.7 Å². The zero-order valence-electron chi connectivity index (χ0n) is 13.1. The van der Waals surface area contributed by atoms with Crippen LogP contribution in [0.15, 0.2) is 48.5 Å². The highest BCUT2D eigenvalue weighted by Gasteiger charge is 2.15. The fourth-order valence-electron chi connectivity index (χ4n) is 2.27. The second-order valence-electron chi connectivity index (χ2n) is 4.96. The highest BCUT2D eigenvalue weighted by molar-refractivity contribution is 6.37. The van der Waals surface area contributed by atoms with Gasteiger partial charge in [-0.1, -0.05) is 35.3 Å². The van der Waals surface area contributed by atoms with Crippen molar-refractivity contribution in [2.75, 3.05) is 14.2 Å². The molecule has 3 aromatic rings. The lowest BCUT2D eigenvalue weighted by Gasteiger charge is -2.10. The number of methoxy groups -OCH3 is 2. The summed E-state index contributed by atoms with van der Waals surface area (Å²) >= 11 is 12.7. The smallest absolute Gasteiger partial charge is 0.162 e. The molecule has 3 rings (SSSR count). The number of rotatable bonds is 4. The normalized spacial score (nSPS) is 10.5. The van der Waals surface area contributed by atoms with E-state index >= 15 is 0 Å². The molecule has 0 amide bonds. The summed E-state index contributed by atoms with van der Waals surface area (Å²) < 4.78 is 10.3. The van der Waals surface area contributed by atoms with Gasteiger partial charge in [0.05, 0.1) is 19.8 Å². The van der Waals surface area contributed by atoms with E-state index in [1.807, 2.05) is 48.5 Å². The van der Waals surface area contributed by atoms with Crippen LogP contribution in [0.1, 0.15) is 0 Å².